The average molecular weight is 283 g/mol. The van der Waals surface area contributed by atoms with Crippen LogP contribution in [-0.4, -0.2) is 10.8 Å². The van der Waals surface area contributed by atoms with Crippen LogP contribution in [0, 0.1) is 11.6 Å². The lowest BCUT2D eigenvalue weighted by molar-refractivity contribution is 0.0993. The second-order valence-electron chi connectivity index (χ2n) is 4.74. The lowest BCUT2D eigenvalue weighted by Crippen LogP contribution is -2.06. The van der Waals surface area contributed by atoms with Crippen LogP contribution in [0.5, 0.6) is 0 Å². The molecule has 3 aromatic rings. The Morgan fingerprint density at radius 3 is 2.76 bits per heavy atom. The van der Waals surface area contributed by atoms with Crippen LogP contribution in [0.1, 0.15) is 15.9 Å². The molecule has 0 spiro atoms. The molecule has 2 aromatic carbocycles. The first-order chi connectivity index (χ1) is 10.1. The van der Waals surface area contributed by atoms with Crippen molar-refractivity contribution >= 4 is 16.6 Å². The number of hydrogen-bond acceptors (Lipinski definition) is 2. The fraction of sp³-hybridized carbons (Fsp3) is 0.0588. The third kappa shape index (κ3) is 2.65. The second kappa shape index (κ2) is 5.40. The van der Waals surface area contributed by atoms with Gasteiger partial charge >= 0.3 is 0 Å². The van der Waals surface area contributed by atoms with Gasteiger partial charge < -0.3 is 0 Å². The van der Waals surface area contributed by atoms with Crippen molar-refractivity contribution in [3.8, 4) is 0 Å². The Labute approximate surface area is 120 Å². The molecule has 0 radical (unpaired) electrons. The third-order valence-corrected chi connectivity index (χ3v) is 3.35. The number of Topliss-reactive ketones (excluding diaryl/α,β-unsaturated/α-hetero) is 1. The molecule has 1 heterocycles. The maximum Gasteiger partial charge on any atom is 0.167 e. The highest BCUT2D eigenvalue weighted by Crippen LogP contribution is 2.20. The number of carbonyl (C=O) groups is 1. The molecule has 0 aliphatic rings. The molecule has 0 aliphatic carbocycles. The predicted octanol–water partition coefficient (Wildman–Crippen LogP) is 3.94. The van der Waals surface area contributed by atoms with Crippen molar-refractivity contribution in [1.29, 1.82) is 0 Å². The van der Waals surface area contributed by atoms with Crippen molar-refractivity contribution in [3.05, 3.63) is 77.6 Å². The first-order valence-electron chi connectivity index (χ1n) is 6.45. The molecular formula is C17H11F2NO. The van der Waals surface area contributed by atoms with Crippen LogP contribution >= 0.6 is 0 Å². The zero-order valence-corrected chi connectivity index (χ0v) is 11.0. The summed E-state index contributed by atoms with van der Waals surface area (Å²) in [7, 11) is 0. The van der Waals surface area contributed by atoms with Crippen LogP contribution < -0.4 is 0 Å². The van der Waals surface area contributed by atoms with Gasteiger partial charge in [0.2, 0.25) is 0 Å². The van der Waals surface area contributed by atoms with E-state index in [0.29, 0.717) is 5.56 Å². The molecule has 0 amide bonds. The van der Waals surface area contributed by atoms with Crippen LogP contribution in [0.4, 0.5) is 8.78 Å². The zero-order chi connectivity index (χ0) is 14.8. The Morgan fingerprint density at radius 1 is 1.10 bits per heavy atom. The summed E-state index contributed by atoms with van der Waals surface area (Å²) in [5.41, 5.74) is 0.700. The summed E-state index contributed by atoms with van der Waals surface area (Å²) in [6, 6.07) is 10.3. The van der Waals surface area contributed by atoms with E-state index in [2.05, 4.69) is 4.98 Å². The van der Waals surface area contributed by atoms with Gasteiger partial charge in [0.1, 0.15) is 11.6 Å². The molecule has 0 saturated heterocycles. The molecule has 0 bridgehead atoms. The van der Waals surface area contributed by atoms with Crippen LogP contribution in [0.2, 0.25) is 0 Å². The van der Waals surface area contributed by atoms with E-state index in [9.17, 15) is 13.6 Å². The second-order valence-corrected chi connectivity index (χ2v) is 4.74. The Hall–Kier alpha value is -2.62. The van der Waals surface area contributed by atoms with Gasteiger partial charge in [0.25, 0.3) is 0 Å². The van der Waals surface area contributed by atoms with Gasteiger partial charge in [0, 0.05) is 35.8 Å². The average Bonchev–Trinajstić information content (AvgIpc) is 2.49. The number of ketones is 1. The standard InChI is InChI=1S/C17H11F2NO/c18-13-5-4-11(16(19)9-13)8-17(21)15-3-1-2-12-10-20-7-6-14(12)15/h1-7,9-10H,8H2. The minimum absolute atomic E-state index is 0.104. The van der Waals surface area contributed by atoms with E-state index in [-0.39, 0.29) is 17.8 Å². The molecule has 0 fully saturated rings. The topological polar surface area (TPSA) is 30.0 Å². The van der Waals surface area contributed by atoms with Crippen molar-refractivity contribution in [2.45, 2.75) is 6.42 Å². The molecule has 0 aliphatic heterocycles. The van der Waals surface area contributed by atoms with Gasteiger partial charge in [-0.25, -0.2) is 8.78 Å². The minimum atomic E-state index is -0.703. The summed E-state index contributed by atoms with van der Waals surface area (Å²) in [6.07, 6.45) is 3.18. The normalized spacial score (nSPS) is 10.8. The number of pyridine rings is 1. The van der Waals surface area contributed by atoms with Crippen molar-refractivity contribution in [1.82, 2.24) is 4.98 Å². The molecule has 21 heavy (non-hydrogen) atoms. The summed E-state index contributed by atoms with van der Waals surface area (Å²) in [4.78, 5) is 16.4. The fourth-order valence-corrected chi connectivity index (χ4v) is 2.30. The molecule has 1 aromatic heterocycles. The predicted molar refractivity (Wildman–Crippen MR) is 76.1 cm³/mol. The van der Waals surface area contributed by atoms with E-state index in [1.807, 2.05) is 6.07 Å². The summed E-state index contributed by atoms with van der Waals surface area (Å²) < 4.78 is 26.5. The number of rotatable bonds is 3. The highest BCUT2D eigenvalue weighted by molar-refractivity contribution is 6.08. The van der Waals surface area contributed by atoms with Crippen LogP contribution in [0.25, 0.3) is 10.8 Å². The third-order valence-electron chi connectivity index (χ3n) is 3.35. The highest BCUT2D eigenvalue weighted by atomic mass is 19.1. The Bertz CT molecular complexity index is 825. The minimum Gasteiger partial charge on any atom is -0.294 e. The van der Waals surface area contributed by atoms with E-state index >= 15 is 0 Å². The Balaban J connectivity index is 1.97. The van der Waals surface area contributed by atoms with Crippen molar-refractivity contribution in [3.63, 3.8) is 0 Å². The molecular weight excluding hydrogens is 272 g/mol. The summed E-state index contributed by atoms with van der Waals surface area (Å²) >= 11 is 0. The first-order valence-corrected chi connectivity index (χ1v) is 6.45. The molecule has 2 nitrogen and oxygen atoms in total. The van der Waals surface area contributed by atoms with Crippen molar-refractivity contribution < 1.29 is 13.6 Å². The fourth-order valence-electron chi connectivity index (χ4n) is 2.30. The van der Waals surface area contributed by atoms with Gasteiger partial charge in [-0.2, -0.15) is 0 Å². The zero-order valence-electron chi connectivity index (χ0n) is 11.0. The van der Waals surface area contributed by atoms with E-state index in [0.717, 1.165) is 22.9 Å². The van der Waals surface area contributed by atoms with Crippen LogP contribution in [-0.2, 0) is 6.42 Å². The van der Waals surface area contributed by atoms with E-state index in [1.54, 1.807) is 30.6 Å². The molecule has 0 atom stereocenters. The van der Waals surface area contributed by atoms with Crippen LogP contribution in [0.15, 0.2) is 54.9 Å². The van der Waals surface area contributed by atoms with Crippen LogP contribution in [0.3, 0.4) is 0 Å². The summed E-state index contributed by atoms with van der Waals surface area (Å²) in [5.74, 6) is -1.57. The number of carbonyl (C=O) groups excluding carboxylic acids is 1. The van der Waals surface area contributed by atoms with Gasteiger partial charge in [-0.1, -0.05) is 24.3 Å². The van der Waals surface area contributed by atoms with E-state index in [4.69, 9.17) is 0 Å². The number of halogens is 2. The first kappa shape index (κ1) is 13.4. The monoisotopic (exact) mass is 283 g/mol. The number of aromatic nitrogens is 1. The van der Waals surface area contributed by atoms with E-state index in [1.165, 1.54) is 6.07 Å². The Morgan fingerprint density at radius 2 is 1.95 bits per heavy atom. The van der Waals surface area contributed by atoms with Gasteiger partial charge in [0.05, 0.1) is 0 Å². The number of fused-ring (bicyclic) bond motifs is 1. The molecule has 4 heteroatoms. The maximum absolute atomic E-state index is 13.6. The van der Waals surface area contributed by atoms with Gasteiger partial charge in [-0.3, -0.25) is 9.78 Å². The quantitative estimate of drug-likeness (QED) is 0.681. The summed E-state index contributed by atoms with van der Waals surface area (Å²) in [5, 5.41) is 1.63. The number of benzene rings is 2. The Kier molecular flexibility index (Phi) is 3.44. The lowest BCUT2D eigenvalue weighted by Gasteiger charge is -2.06. The molecule has 104 valence electrons. The van der Waals surface area contributed by atoms with Gasteiger partial charge in [0.15, 0.2) is 5.78 Å². The lowest BCUT2D eigenvalue weighted by atomic mass is 9.98. The van der Waals surface area contributed by atoms with Gasteiger partial charge in [-0.05, 0) is 23.1 Å². The SMILES string of the molecule is O=C(Cc1ccc(F)cc1F)c1cccc2cnccc12. The molecule has 3 rings (SSSR count). The highest BCUT2D eigenvalue weighted by Gasteiger charge is 2.13. The molecule has 0 N–H and O–H groups in total. The largest absolute Gasteiger partial charge is 0.294 e. The van der Waals surface area contributed by atoms with Crippen molar-refractivity contribution in [2.24, 2.45) is 0 Å². The summed E-state index contributed by atoms with van der Waals surface area (Å²) in [6.45, 7) is 0. The smallest absolute Gasteiger partial charge is 0.167 e. The molecule has 0 saturated carbocycles. The van der Waals surface area contributed by atoms with E-state index < -0.39 is 11.6 Å². The van der Waals surface area contributed by atoms with Gasteiger partial charge in [-0.15, -0.1) is 0 Å². The number of nitrogens with zero attached hydrogens (tertiary/aromatic N) is 1. The number of hydrogen-bond donors (Lipinski definition) is 0. The van der Waals surface area contributed by atoms with Crippen molar-refractivity contribution in [2.75, 3.05) is 0 Å². The molecule has 0 unspecified atom stereocenters. The maximum atomic E-state index is 13.6.